The van der Waals surface area contributed by atoms with E-state index >= 15 is 0 Å². The minimum Gasteiger partial charge on any atom is -0.497 e. The quantitative estimate of drug-likeness (QED) is 0.241. The molecule has 0 radical (unpaired) electrons. The second-order valence-electron chi connectivity index (χ2n) is 8.11. The Bertz CT molecular complexity index is 611. The number of unbranched alkanes of at least 4 members (excludes halogenated alkanes) is 2. The van der Waals surface area contributed by atoms with Crippen molar-refractivity contribution in [2.45, 2.75) is 38.5 Å². The monoisotopic (exact) mass is 529 g/mol. The van der Waals surface area contributed by atoms with Crippen LogP contribution < -0.4 is 15.0 Å². The van der Waals surface area contributed by atoms with Crippen LogP contribution in [0.5, 0.6) is 5.75 Å². The topological polar surface area (TPSA) is 43.3 Å². The summed E-state index contributed by atoms with van der Waals surface area (Å²) in [5.41, 5.74) is 1.27. The smallest absolute Gasteiger partial charge is 0.193 e. The number of methoxy groups -OCH3 is 1. The van der Waals surface area contributed by atoms with Crippen molar-refractivity contribution >= 4 is 35.6 Å². The number of hydrogen-bond acceptors (Lipinski definition) is 4. The average Bonchev–Trinajstić information content (AvgIpc) is 2.79. The van der Waals surface area contributed by atoms with Crippen LogP contribution in [0.4, 0.5) is 5.69 Å². The molecule has 0 aliphatic carbocycles. The molecule has 0 bridgehead atoms. The first-order valence-corrected chi connectivity index (χ1v) is 11.4. The number of nitrogens with one attached hydrogen (secondary N) is 1. The molecule has 0 amide bonds. The second-order valence-corrected chi connectivity index (χ2v) is 8.11. The summed E-state index contributed by atoms with van der Waals surface area (Å²) in [6.07, 6.45) is 8.05. The van der Waals surface area contributed by atoms with Gasteiger partial charge in [-0.25, -0.2) is 0 Å². The summed E-state index contributed by atoms with van der Waals surface area (Å²) in [6, 6.07) is 8.36. The van der Waals surface area contributed by atoms with Gasteiger partial charge in [0.05, 0.1) is 7.11 Å². The van der Waals surface area contributed by atoms with Crippen molar-refractivity contribution < 1.29 is 4.74 Å². The first-order valence-electron chi connectivity index (χ1n) is 11.4. The van der Waals surface area contributed by atoms with Crippen molar-refractivity contribution in [1.82, 2.24) is 15.1 Å². The van der Waals surface area contributed by atoms with Gasteiger partial charge >= 0.3 is 0 Å². The normalized spacial score (nSPS) is 18.1. The molecule has 0 spiro atoms. The Morgan fingerprint density at radius 1 is 0.933 bits per heavy atom. The molecule has 170 valence electrons. The Morgan fingerprint density at radius 2 is 1.63 bits per heavy atom. The number of guanidine groups is 1. The molecule has 2 heterocycles. The summed E-state index contributed by atoms with van der Waals surface area (Å²) in [5, 5.41) is 3.57. The molecular formula is C23H40IN5O. The number of aliphatic imine (C=N–C) groups is 1. The summed E-state index contributed by atoms with van der Waals surface area (Å²) in [4.78, 5) is 12.0. The number of piperazine rings is 1. The zero-order valence-corrected chi connectivity index (χ0v) is 21.1. The van der Waals surface area contributed by atoms with Crippen LogP contribution in [0, 0.1) is 0 Å². The number of hydrogen-bond donors (Lipinski definition) is 1. The van der Waals surface area contributed by atoms with Crippen LogP contribution in [0.1, 0.15) is 38.5 Å². The molecular weight excluding hydrogens is 489 g/mol. The van der Waals surface area contributed by atoms with Gasteiger partial charge in [0.15, 0.2) is 5.96 Å². The molecule has 0 aromatic heterocycles. The lowest BCUT2D eigenvalue weighted by Crippen LogP contribution is -2.52. The van der Waals surface area contributed by atoms with Gasteiger partial charge in [-0.2, -0.15) is 0 Å². The van der Waals surface area contributed by atoms with E-state index in [0.29, 0.717) is 0 Å². The molecule has 0 atom stereocenters. The molecule has 0 saturated carbocycles. The Kier molecular flexibility index (Phi) is 11.7. The summed E-state index contributed by atoms with van der Waals surface area (Å²) in [7, 11) is 3.61. The lowest BCUT2D eigenvalue weighted by Gasteiger charge is -2.37. The summed E-state index contributed by atoms with van der Waals surface area (Å²) in [5.74, 6) is 1.96. The van der Waals surface area contributed by atoms with Crippen molar-refractivity contribution in [2.24, 2.45) is 4.99 Å². The minimum atomic E-state index is 0. The Labute approximate surface area is 200 Å². The van der Waals surface area contributed by atoms with Crippen molar-refractivity contribution in [3.63, 3.8) is 0 Å². The maximum Gasteiger partial charge on any atom is 0.193 e. The predicted octanol–water partition coefficient (Wildman–Crippen LogP) is 3.67. The molecule has 3 rings (SSSR count). The third-order valence-electron chi connectivity index (χ3n) is 6.11. The van der Waals surface area contributed by atoms with Crippen molar-refractivity contribution in [3.05, 3.63) is 24.3 Å². The molecule has 1 N–H and O–H groups in total. The van der Waals surface area contributed by atoms with E-state index < -0.39 is 0 Å². The van der Waals surface area contributed by atoms with Gasteiger partial charge in [-0.05, 0) is 69.6 Å². The van der Waals surface area contributed by atoms with Crippen LogP contribution in [-0.4, -0.2) is 82.3 Å². The lowest BCUT2D eigenvalue weighted by atomic mass is 10.1. The van der Waals surface area contributed by atoms with Gasteiger partial charge in [0.2, 0.25) is 0 Å². The predicted molar refractivity (Wildman–Crippen MR) is 138 cm³/mol. The fourth-order valence-electron chi connectivity index (χ4n) is 4.32. The van der Waals surface area contributed by atoms with E-state index in [1.54, 1.807) is 7.11 Å². The highest BCUT2D eigenvalue weighted by atomic mass is 127. The van der Waals surface area contributed by atoms with Crippen molar-refractivity contribution in [3.8, 4) is 5.75 Å². The van der Waals surface area contributed by atoms with Gasteiger partial charge in [0.1, 0.15) is 5.75 Å². The van der Waals surface area contributed by atoms with Crippen LogP contribution in [0.25, 0.3) is 0 Å². The van der Waals surface area contributed by atoms with Gasteiger partial charge in [0, 0.05) is 45.5 Å². The van der Waals surface area contributed by atoms with E-state index in [4.69, 9.17) is 4.74 Å². The third-order valence-corrected chi connectivity index (χ3v) is 6.11. The molecule has 1 aromatic rings. The summed E-state index contributed by atoms with van der Waals surface area (Å²) in [6.45, 7) is 8.96. The molecule has 6 nitrogen and oxygen atoms in total. The molecule has 2 aliphatic heterocycles. The highest BCUT2D eigenvalue weighted by molar-refractivity contribution is 14.0. The zero-order chi connectivity index (χ0) is 20.3. The first-order chi connectivity index (χ1) is 14.3. The second kappa shape index (κ2) is 14.0. The Hall–Kier alpha value is -1.22. The molecule has 2 fully saturated rings. The molecule has 2 saturated heterocycles. The number of nitrogens with zero attached hydrogens (tertiary/aromatic N) is 4. The van der Waals surface area contributed by atoms with Crippen LogP contribution in [-0.2, 0) is 0 Å². The summed E-state index contributed by atoms with van der Waals surface area (Å²) >= 11 is 0. The van der Waals surface area contributed by atoms with E-state index in [9.17, 15) is 0 Å². The van der Waals surface area contributed by atoms with Crippen LogP contribution >= 0.6 is 24.0 Å². The van der Waals surface area contributed by atoms with Crippen LogP contribution in [0.15, 0.2) is 29.3 Å². The van der Waals surface area contributed by atoms with Gasteiger partial charge in [-0.15, -0.1) is 24.0 Å². The minimum absolute atomic E-state index is 0. The Balaban J connectivity index is 0.00000320. The number of ether oxygens (including phenoxy) is 1. The summed E-state index contributed by atoms with van der Waals surface area (Å²) < 4.78 is 5.26. The average molecular weight is 530 g/mol. The number of likely N-dealkylation sites (tertiary alicyclic amines) is 1. The van der Waals surface area contributed by atoms with Crippen LogP contribution in [0.2, 0.25) is 0 Å². The molecule has 2 aliphatic rings. The van der Waals surface area contributed by atoms with Gasteiger partial charge in [0.25, 0.3) is 0 Å². The molecule has 1 aromatic carbocycles. The SMILES string of the molecule is CN=C(NCCCCCN1CCCCC1)N1CCN(c2ccc(OC)cc2)CC1.I. The number of benzene rings is 1. The van der Waals surface area contributed by atoms with E-state index in [1.165, 1.54) is 63.8 Å². The van der Waals surface area contributed by atoms with Crippen molar-refractivity contribution in [1.29, 1.82) is 0 Å². The fraction of sp³-hybridized carbons (Fsp3) is 0.696. The Morgan fingerprint density at radius 3 is 2.27 bits per heavy atom. The van der Waals surface area contributed by atoms with Crippen molar-refractivity contribution in [2.75, 3.05) is 71.4 Å². The van der Waals surface area contributed by atoms with E-state index in [1.807, 2.05) is 19.2 Å². The zero-order valence-electron chi connectivity index (χ0n) is 18.8. The maximum absolute atomic E-state index is 5.26. The van der Waals surface area contributed by atoms with E-state index in [-0.39, 0.29) is 24.0 Å². The van der Waals surface area contributed by atoms with E-state index in [2.05, 4.69) is 37.1 Å². The highest BCUT2D eigenvalue weighted by Gasteiger charge is 2.19. The number of rotatable bonds is 8. The van der Waals surface area contributed by atoms with Gasteiger partial charge in [-0.3, -0.25) is 4.99 Å². The molecule has 30 heavy (non-hydrogen) atoms. The van der Waals surface area contributed by atoms with Gasteiger partial charge in [-0.1, -0.05) is 12.8 Å². The number of piperidine rings is 1. The molecule has 7 heteroatoms. The third kappa shape index (κ3) is 7.80. The van der Waals surface area contributed by atoms with E-state index in [0.717, 1.165) is 44.4 Å². The molecule has 0 unspecified atom stereocenters. The standard InChI is InChI=1S/C23H39N5O.HI/c1-24-23(25-13-5-3-6-14-26-15-7-4-8-16-26)28-19-17-27(18-20-28)21-9-11-22(29-2)12-10-21;/h9-12H,3-8,13-20H2,1-2H3,(H,24,25);1H. The first kappa shape index (κ1) is 25.0. The highest BCUT2D eigenvalue weighted by Crippen LogP contribution is 2.20. The van der Waals surface area contributed by atoms with Crippen LogP contribution in [0.3, 0.4) is 0 Å². The maximum atomic E-state index is 5.26. The van der Waals surface area contributed by atoms with Gasteiger partial charge < -0.3 is 24.8 Å². The largest absolute Gasteiger partial charge is 0.497 e. The lowest BCUT2D eigenvalue weighted by molar-refractivity contribution is 0.224. The number of halogens is 1. The fourth-order valence-corrected chi connectivity index (χ4v) is 4.32. The number of anilines is 1.